The molecule has 0 radical (unpaired) electrons. The summed E-state index contributed by atoms with van der Waals surface area (Å²) < 4.78 is 5.74. The number of likely N-dealkylation sites (tertiary alicyclic amines) is 1. The SMILES string of the molecule is C[C@H](O)C(=O)N1CCC2(CC1)CN(CCN(C)C1CCCCC1)C(=O)O2. The van der Waals surface area contributed by atoms with Crippen molar-refractivity contribution in [3.05, 3.63) is 0 Å². The van der Waals surface area contributed by atoms with E-state index in [4.69, 9.17) is 4.74 Å². The zero-order valence-electron chi connectivity index (χ0n) is 16.2. The van der Waals surface area contributed by atoms with Gasteiger partial charge in [-0.05, 0) is 26.8 Å². The number of hydrogen-bond acceptors (Lipinski definition) is 5. The molecule has 0 aromatic heterocycles. The Hall–Kier alpha value is -1.34. The lowest BCUT2D eigenvalue weighted by molar-refractivity contribution is -0.142. The molecule has 2 aliphatic heterocycles. The van der Waals surface area contributed by atoms with E-state index >= 15 is 0 Å². The number of piperidine rings is 1. The molecule has 1 N–H and O–H groups in total. The molecule has 7 heteroatoms. The van der Waals surface area contributed by atoms with Gasteiger partial charge in [0, 0.05) is 45.1 Å². The number of carbonyl (C=O) groups is 2. The highest BCUT2D eigenvalue weighted by Gasteiger charge is 2.47. The molecule has 26 heavy (non-hydrogen) atoms. The molecule has 3 aliphatic rings. The van der Waals surface area contributed by atoms with Gasteiger partial charge in [0.2, 0.25) is 0 Å². The summed E-state index contributed by atoms with van der Waals surface area (Å²) in [5.41, 5.74) is -0.462. The molecule has 148 valence electrons. The number of hydrogen-bond donors (Lipinski definition) is 1. The van der Waals surface area contributed by atoms with Crippen LogP contribution >= 0.6 is 0 Å². The molecular formula is C19H33N3O4. The Morgan fingerprint density at radius 1 is 1.31 bits per heavy atom. The highest BCUT2D eigenvalue weighted by Crippen LogP contribution is 2.33. The zero-order valence-corrected chi connectivity index (χ0v) is 16.2. The van der Waals surface area contributed by atoms with E-state index in [1.54, 1.807) is 4.90 Å². The van der Waals surface area contributed by atoms with Crippen LogP contribution in [0.2, 0.25) is 0 Å². The number of carbonyl (C=O) groups excluding carboxylic acids is 2. The first-order valence-corrected chi connectivity index (χ1v) is 10.1. The number of amides is 2. The van der Waals surface area contributed by atoms with Crippen LogP contribution in [-0.4, -0.2) is 89.3 Å². The standard InChI is InChI=1S/C19H33N3O4/c1-15(23)17(24)21-10-8-19(9-11-21)14-22(18(25)26-19)13-12-20(2)16-6-4-3-5-7-16/h15-16,23H,3-14H2,1-2H3/t15-/m0/s1. The normalized spacial score (nSPS) is 25.0. The molecule has 2 heterocycles. The molecule has 3 fully saturated rings. The number of nitrogens with zero attached hydrogens (tertiary/aromatic N) is 3. The minimum absolute atomic E-state index is 0.225. The van der Waals surface area contributed by atoms with Crippen LogP contribution in [0.3, 0.4) is 0 Å². The van der Waals surface area contributed by atoms with Crippen molar-refractivity contribution in [1.82, 2.24) is 14.7 Å². The Balaban J connectivity index is 1.47. The highest BCUT2D eigenvalue weighted by molar-refractivity contribution is 5.80. The molecule has 0 aromatic rings. The maximum atomic E-state index is 12.3. The van der Waals surface area contributed by atoms with E-state index in [-0.39, 0.29) is 12.0 Å². The first-order chi connectivity index (χ1) is 12.4. The topological polar surface area (TPSA) is 73.3 Å². The van der Waals surface area contributed by atoms with E-state index in [0.717, 1.165) is 6.54 Å². The second-order valence-corrected chi connectivity index (χ2v) is 8.25. The van der Waals surface area contributed by atoms with Crippen LogP contribution in [0.15, 0.2) is 0 Å². The summed E-state index contributed by atoms with van der Waals surface area (Å²) in [5.74, 6) is -0.241. The average molecular weight is 367 g/mol. The predicted molar refractivity (Wildman–Crippen MR) is 97.8 cm³/mol. The molecule has 0 aromatic carbocycles. The Morgan fingerprint density at radius 3 is 2.58 bits per heavy atom. The van der Waals surface area contributed by atoms with Crippen molar-refractivity contribution >= 4 is 12.0 Å². The van der Waals surface area contributed by atoms with Crippen LogP contribution in [0, 0.1) is 0 Å². The third-order valence-corrected chi connectivity index (χ3v) is 6.31. The summed E-state index contributed by atoms with van der Waals surface area (Å²) in [4.78, 5) is 30.1. The molecular weight excluding hydrogens is 334 g/mol. The fraction of sp³-hybridized carbons (Fsp3) is 0.895. The summed E-state index contributed by atoms with van der Waals surface area (Å²) in [7, 11) is 2.16. The molecule has 0 bridgehead atoms. The highest BCUT2D eigenvalue weighted by atomic mass is 16.6. The van der Waals surface area contributed by atoms with Crippen molar-refractivity contribution in [1.29, 1.82) is 0 Å². The van der Waals surface area contributed by atoms with Crippen LogP contribution in [0.4, 0.5) is 4.79 Å². The predicted octanol–water partition coefficient (Wildman–Crippen LogP) is 1.45. The second kappa shape index (κ2) is 8.13. The largest absolute Gasteiger partial charge is 0.441 e. The van der Waals surface area contributed by atoms with Gasteiger partial charge in [0.1, 0.15) is 11.7 Å². The van der Waals surface area contributed by atoms with Gasteiger partial charge in [-0.15, -0.1) is 0 Å². The first kappa shape index (κ1) is 19.4. The zero-order chi connectivity index (χ0) is 18.7. The van der Waals surface area contributed by atoms with Crippen LogP contribution < -0.4 is 0 Å². The molecule has 3 rings (SSSR count). The van der Waals surface area contributed by atoms with Crippen molar-refractivity contribution in [3.8, 4) is 0 Å². The number of aliphatic hydroxyl groups excluding tert-OH is 1. The third kappa shape index (κ3) is 4.31. The van der Waals surface area contributed by atoms with Crippen LogP contribution in [0.5, 0.6) is 0 Å². The van der Waals surface area contributed by atoms with Crippen LogP contribution in [-0.2, 0) is 9.53 Å². The van der Waals surface area contributed by atoms with E-state index in [1.807, 2.05) is 4.90 Å². The molecule has 7 nitrogen and oxygen atoms in total. The van der Waals surface area contributed by atoms with Crippen LogP contribution in [0.25, 0.3) is 0 Å². The Morgan fingerprint density at radius 2 is 1.96 bits per heavy atom. The number of likely N-dealkylation sites (N-methyl/N-ethyl adjacent to an activating group) is 1. The van der Waals surface area contributed by atoms with Crippen LogP contribution in [0.1, 0.15) is 51.9 Å². The second-order valence-electron chi connectivity index (χ2n) is 8.25. The summed E-state index contributed by atoms with van der Waals surface area (Å²) >= 11 is 0. The van der Waals surface area contributed by atoms with E-state index in [1.165, 1.54) is 39.0 Å². The third-order valence-electron chi connectivity index (χ3n) is 6.31. The van der Waals surface area contributed by atoms with Gasteiger partial charge in [-0.3, -0.25) is 4.79 Å². The number of rotatable bonds is 5. The number of aliphatic hydroxyl groups is 1. The van der Waals surface area contributed by atoms with Crippen molar-refractivity contribution in [2.24, 2.45) is 0 Å². The van der Waals surface area contributed by atoms with E-state index in [0.29, 0.717) is 45.1 Å². The molecule has 1 spiro atoms. The fourth-order valence-corrected chi connectivity index (χ4v) is 4.51. The Bertz CT molecular complexity index is 511. The summed E-state index contributed by atoms with van der Waals surface area (Å²) in [5, 5.41) is 9.45. The molecule has 1 saturated carbocycles. The fourth-order valence-electron chi connectivity index (χ4n) is 4.51. The summed E-state index contributed by atoms with van der Waals surface area (Å²) in [6.45, 7) is 4.75. The lowest BCUT2D eigenvalue weighted by Gasteiger charge is -2.38. The van der Waals surface area contributed by atoms with Gasteiger partial charge in [0.15, 0.2) is 0 Å². The lowest BCUT2D eigenvalue weighted by atomic mass is 9.91. The van der Waals surface area contributed by atoms with E-state index < -0.39 is 11.7 Å². The van der Waals surface area contributed by atoms with Gasteiger partial charge >= 0.3 is 6.09 Å². The summed E-state index contributed by atoms with van der Waals surface area (Å²) in [6.07, 6.45) is 6.59. The minimum Gasteiger partial charge on any atom is -0.441 e. The quantitative estimate of drug-likeness (QED) is 0.796. The van der Waals surface area contributed by atoms with E-state index in [2.05, 4.69) is 11.9 Å². The smallest absolute Gasteiger partial charge is 0.410 e. The van der Waals surface area contributed by atoms with E-state index in [9.17, 15) is 14.7 Å². The van der Waals surface area contributed by atoms with Crippen molar-refractivity contribution in [2.45, 2.75) is 69.6 Å². The van der Waals surface area contributed by atoms with Crippen molar-refractivity contribution < 1.29 is 19.4 Å². The molecule has 2 saturated heterocycles. The average Bonchev–Trinajstić information content (AvgIpc) is 2.95. The van der Waals surface area contributed by atoms with Gasteiger partial charge in [-0.1, -0.05) is 19.3 Å². The Kier molecular flexibility index (Phi) is 6.07. The van der Waals surface area contributed by atoms with Gasteiger partial charge in [-0.2, -0.15) is 0 Å². The Labute approximate surface area is 156 Å². The lowest BCUT2D eigenvalue weighted by Crippen LogP contribution is -2.50. The van der Waals surface area contributed by atoms with Gasteiger partial charge < -0.3 is 24.5 Å². The first-order valence-electron chi connectivity index (χ1n) is 10.1. The van der Waals surface area contributed by atoms with Gasteiger partial charge in [-0.25, -0.2) is 4.79 Å². The van der Waals surface area contributed by atoms with Gasteiger partial charge in [0.05, 0.1) is 6.54 Å². The molecule has 0 unspecified atom stereocenters. The van der Waals surface area contributed by atoms with Crippen molar-refractivity contribution in [3.63, 3.8) is 0 Å². The summed E-state index contributed by atoms with van der Waals surface area (Å²) in [6, 6.07) is 0.644. The molecule has 1 atom stereocenters. The van der Waals surface area contributed by atoms with Crippen molar-refractivity contribution in [2.75, 3.05) is 39.8 Å². The number of ether oxygens (including phenoxy) is 1. The molecule has 1 aliphatic carbocycles. The maximum Gasteiger partial charge on any atom is 0.410 e. The minimum atomic E-state index is -0.970. The van der Waals surface area contributed by atoms with Gasteiger partial charge in [0.25, 0.3) is 5.91 Å². The maximum absolute atomic E-state index is 12.3. The molecule has 2 amide bonds. The monoisotopic (exact) mass is 367 g/mol.